The van der Waals surface area contributed by atoms with E-state index in [2.05, 4.69) is 5.32 Å². The summed E-state index contributed by atoms with van der Waals surface area (Å²) >= 11 is 11.7. The number of benzene rings is 1. The van der Waals surface area contributed by atoms with Crippen LogP contribution in [-0.2, 0) is 4.79 Å². The fraction of sp³-hybridized carbons (Fsp3) is 0.286. The summed E-state index contributed by atoms with van der Waals surface area (Å²) in [6.45, 7) is 5.35. The van der Waals surface area contributed by atoms with Crippen LogP contribution in [0, 0.1) is 11.3 Å². The molecule has 0 aliphatic heterocycles. The molecule has 1 rings (SSSR count). The van der Waals surface area contributed by atoms with E-state index in [1.807, 2.05) is 24.8 Å². The Bertz CT molecular complexity index is 560. The minimum Gasteiger partial charge on any atom is -0.377 e. The summed E-state index contributed by atoms with van der Waals surface area (Å²) in [6.07, 6.45) is 1.55. The Kier molecular flexibility index (Phi) is 6.37. The third kappa shape index (κ3) is 4.44. The topological polar surface area (TPSA) is 56.1 Å². The molecule has 0 unspecified atom stereocenters. The van der Waals surface area contributed by atoms with Crippen molar-refractivity contribution < 1.29 is 4.79 Å². The second-order valence-electron chi connectivity index (χ2n) is 3.96. The van der Waals surface area contributed by atoms with Crippen LogP contribution in [0.3, 0.4) is 0 Å². The zero-order chi connectivity index (χ0) is 15.1. The number of carbonyl (C=O) groups is 1. The molecule has 0 saturated carbocycles. The predicted octanol–water partition coefficient (Wildman–Crippen LogP) is 3.68. The van der Waals surface area contributed by atoms with Crippen molar-refractivity contribution in [2.24, 2.45) is 0 Å². The zero-order valence-electron chi connectivity index (χ0n) is 11.3. The average Bonchev–Trinajstić information content (AvgIpc) is 2.44. The van der Waals surface area contributed by atoms with E-state index in [9.17, 15) is 4.79 Å². The molecule has 0 atom stereocenters. The molecule has 0 bridgehead atoms. The van der Waals surface area contributed by atoms with E-state index in [-0.39, 0.29) is 5.57 Å². The van der Waals surface area contributed by atoms with Gasteiger partial charge in [0, 0.05) is 25.0 Å². The van der Waals surface area contributed by atoms with Crippen LogP contribution in [0.25, 0.3) is 0 Å². The molecule has 0 saturated heterocycles. The van der Waals surface area contributed by atoms with Crippen LogP contribution in [0.15, 0.2) is 30.0 Å². The molecule has 106 valence electrons. The third-order valence-electron chi connectivity index (χ3n) is 2.67. The van der Waals surface area contributed by atoms with Crippen LogP contribution in [0.5, 0.6) is 0 Å². The zero-order valence-corrected chi connectivity index (χ0v) is 12.8. The Morgan fingerprint density at radius 1 is 1.35 bits per heavy atom. The lowest BCUT2D eigenvalue weighted by Gasteiger charge is -2.15. The van der Waals surface area contributed by atoms with Gasteiger partial charge in [0.25, 0.3) is 5.91 Å². The van der Waals surface area contributed by atoms with Gasteiger partial charge in [-0.3, -0.25) is 4.79 Å². The van der Waals surface area contributed by atoms with Gasteiger partial charge in [-0.25, -0.2) is 0 Å². The van der Waals surface area contributed by atoms with Crippen LogP contribution >= 0.6 is 23.2 Å². The number of nitrogens with one attached hydrogen (secondary N) is 1. The Labute approximate surface area is 128 Å². The van der Waals surface area contributed by atoms with E-state index in [1.165, 1.54) is 6.07 Å². The molecule has 0 aliphatic carbocycles. The fourth-order valence-electron chi connectivity index (χ4n) is 1.50. The predicted molar refractivity (Wildman–Crippen MR) is 81.7 cm³/mol. The summed E-state index contributed by atoms with van der Waals surface area (Å²) in [5, 5.41) is 12.4. The number of nitrogens with zero attached hydrogens (tertiary/aromatic N) is 2. The van der Waals surface area contributed by atoms with Gasteiger partial charge in [0.2, 0.25) is 0 Å². The first-order valence-corrected chi connectivity index (χ1v) is 6.89. The van der Waals surface area contributed by atoms with Crippen molar-refractivity contribution in [1.29, 1.82) is 5.26 Å². The van der Waals surface area contributed by atoms with Gasteiger partial charge >= 0.3 is 0 Å². The normalized spacial score (nSPS) is 10.8. The maximum atomic E-state index is 12.0. The molecule has 6 heteroatoms. The van der Waals surface area contributed by atoms with Gasteiger partial charge in [-0.2, -0.15) is 5.26 Å². The first-order valence-electron chi connectivity index (χ1n) is 6.14. The van der Waals surface area contributed by atoms with E-state index in [0.717, 1.165) is 13.1 Å². The Morgan fingerprint density at radius 2 is 2.00 bits per heavy atom. The Hall–Kier alpha value is -1.70. The van der Waals surface area contributed by atoms with Crippen molar-refractivity contribution in [3.63, 3.8) is 0 Å². The van der Waals surface area contributed by atoms with Crippen LogP contribution < -0.4 is 5.32 Å². The Morgan fingerprint density at radius 3 is 2.50 bits per heavy atom. The molecule has 0 aromatic heterocycles. The minimum atomic E-state index is -0.474. The first kappa shape index (κ1) is 16.4. The van der Waals surface area contributed by atoms with Crippen molar-refractivity contribution in [3.05, 3.63) is 40.0 Å². The largest absolute Gasteiger partial charge is 0.377 e. The minimum absolute atomic E-state index is 0.0415. The molecule has 0 fully saturated rings. The monoisotopic (exact) mass is 311 g/mol. The molecular formula is C14H15Cl2N3O. The quantitative estimate of drug-likeness (QED) is 0.666. The van der Waals surface area contributed by atoms with Crippen LogP contribution in [0.4, 0.5) is 5.69 Å². The maximum absolute atomic E-state index is 12.0. The smallest absolute Gasteiger partial charge is 0.267 e. The van der Waals surface area contributed by atoms with Gasteiger partial charge in [-0.05, 0) is 32.0 Å². The SMILES string of the molecule is CCN(/C=C(/C#N)C(=O)Nc1ccc(Cl)c(Cl)c1)CC. The molecule has 0 aliphatic rings. The fourth-order valence-corrected chi connectivity index (χ4v) is 1.80. The lowest BCUT2D eigenvalue weighted by Crippen LogP contribution is -2.20. The van der Waals surface area contributed by atoms with Crippen LogP contribution in [-0.4, -0.2) is 23.9 Å². The van der Waals surface area contributed by atoms with Crippen LogP contribution in [0.2, 0.25) is 10.0 Å². The van der Waals surface area contributed by atoms with Crippen molar-refractivity contribution in [2.75, 3.05) is 18.4 Å². The first-order chi connectivity index (χ1) is 9.51. The Balaban J connectivity index is 2.88. The molecule has 0 spiro atoms. The van der Waals surface area contributed by atoms with E-state index < -0.39 is 5.91 Å². The lowest BCUT2D eigenvalue weighted by atomic mass is 10.2. The average molecular weight is 312 g/mol. The van der Waals surface area contributed by atoms with Crippen molar-refractivity contribution in [1.82, 2.24) is 4.90 Å². The number of halogens is 2. The van der Waals surface area contributed by atoms with E-state index in [0.29, 0.717) is 15.7 Å². The molecule has 1 aromatic rings. The highest BCUT2D eigenvalue weighted by atomic mass is 35.5. The van der Waals surface area contributed by atoms with E-state index >= 15 is 0 Å². The summed E-state index contributed by atoms with van der Waals surface area (Å²) in [6, 6.07) is 6.64. The van der Waals surface area contributed by atoms with E-state index in [4.69, 9.17) is 28.5 Å². The number of hydrogen-bond acceptors (Lipinski definition) is 3. The summed E-state index contributed by atoms with van der Waals surface area (Å²) < 4.78 is 0. The van der Waals surface area contributed by atoms with Gasteiger partial charge < -0.3 is 10.2 Å². The number of amides is 1. The van der Waals surface area contributed by atoms with Gasteiger partial charge in [0.15, 0.2) is 0 Å². The standard InChI is InChI=1S/C14H15Cl2N3O/c1-3-19(4-2)9-10(8-17)14(20)18-11-5-6-12(15)13(16)7-11/h5-7,9H,3-4H2,1-2H3,(H,18,20)/b10-9-. The third-order valence-corrected chi connectivity index (χ3v) is 3.41. The van der Waals surface area contributed by atoms with Crippen molar-refractivity contribution >= 4 is 34.8 Å². The summed E-state index contributed by atoms with van der Waals surface area (Å²) in [5.41, 5.74) is 0.532. The molecule has 20 heavy (non-hydrogen) atoms. The number of anilines is 1. The summed E-state index contributed by atoms with van der Waals surface area (Å²) in [7, 11) is 0. The number of hydrogen-bond donors (Lipinski definition) is 1. The summed E-state index contributed by atoms with van der Waals surface area (Å²) in [5.74, 6) is -0.474. The highest BCUT2D eigenvalue weighted by molar-refractivity contribution is 6.42. The molecular weight excluding hydrogens is 297 g/mol. The lowest BCUT2D eigenvalue weighted by molar-refractivity contribution is -0.112. The summed E-state index contributed by atoms with van der Waals surface area (Å²) in [4.78, 5) is 13.9. The molecule has 1 aromatic carbocycles. The second kappa shape index (κ2) is 7.78. The van der Waals surface area contributed by atoms with Crippen LogP contribution in [0.1, 0.15) is 13.8 Å². The second-order valence-corrected chi connectivity index (χ2v) is 4.77. The number of nitriles is 1. The van der Waals surface area contributed by atoms with Crippen molar-refractivity contribution in [2.45, 2.75) is 13.8 Å². The highest BCUT2D eigenvalue weighted by Gasteiger charge is 2.11. The highest BCUT2D eigenvalue weighted by Crippen LogP contribution is 2.25. The maximum Gasteiger partial charge on any atom is 0.267 e. The number of carbonyl (C=O) groups excluding carboxylic acids is 1. The van der Waals surface area contributed by atoms with Gasteiger partial charge in [-0.1, -0.05) is 23.2 Å². The molecule has 1 N–H and O–H groups in total. The van der Waals surface area contributed by atoms with Gasteiger partial charge in [0.1, 0.15) is 11.6 Å². The van der Waals surface area contributed by atoms with Gasteiger partial charge in [0.05, 0.1) is 10.0 Å². The van der Waals surface area contributed by atoms with Crippen molar-refractivity contribution in [3.8, 4) is 6.07 Å². The molecule has 1 amide bonds. The van der Waals surface area contributed by atoms with Gasteiger partial charge in [-0.15, -0.1) is 0 Å². The number of rotatable bonds is 5. The molecule has 0 radical (unpaired) electrons. The molecule has 0 heterocycles. The molecule has 4 nitrogen and oxygen atoms in total. The van der Waals surface area contributed by atoms with E-state index in [1.54, 1.807) is 18.3 Å².